The Morgan fingerprint density at radius 3 is 2.76 bits per heavy atom. The number of carbonyl (C=O) groups excluding carboxylic acids is 1. The minimum atomic E-state index is 0.0411. The Labute approximate surface area is 201 Å². The third-order valence-corrected chi connectivity index (χ3v) is 11.5. The zero-order valence-electron chi connectivity index (χ0n) is 21.7. The van der Waals surface area contributed by atoms with Gasteiger partial charge in [0.15, 0.2) is 5.78 Å². The summed E-state index contributed by atoms with van der Waals surface area (Å²) < 4.78 is 7.12. The number of ketones is 1. The van der Waals surface area contributed by atoms with Crippen molar-refractivity contribution in [1.29, 1.82) is 0 Å². The van der Waals surface area contributed by atoms with Gasteiger partial charge in [0.1, 0.15) is 0 Å². The molecule has 6 rings (SSSR count). The first kappa shape index (κ1) is 22.5. The number of carbonyl (C=O) groups is 1. The average Bonchev–Trinajstić information content (AvgIpc) is 2.94. The van der Waals surface area contributed by atoms with Crippen LogP contribution in [0.2, 0.25) is 0 Å². The minimum absolute atomic E-state index is 0.0411. The van der Waals surface area contributed by atoms with Gasteiger partial charge in [0, 0.05) is 24.9 Å². The van der Waals surface area contributed by atoms with E-state index in [-0.39, 0.29) is 11.0 Å². The van der Waals surface area contributed by atoms with Crippen LogP contribution in [-0.4, -0.2) is 42.0 Å². The first-order valence-electron chi connectivity index (χ1n) is 14.0. The highest BCUT2D eigenvalue weighted by Crippen LogP contribution is 2.61. The van der Waals surface area contributed by atoms with E-state index < -0.39 is 0 Å². The highest BCUT2D eigenvalue weighted by molar-refractivity contribution is 5.91. The number of hydrogen-bond acceptors (Lipinski definition) is 3. The van der Waals surface area contributed by atoms with Gasteiger partial charge in [-0.2, -0.15) is 0 Å². The maximum atomic E-state index is 12.2. The summed E-state index contributed by atoms with van der Waals surface area (Å²) in [6.07, 6.45) is 14.3. The number of likely N-dealkylation sites (tertiary alicyclic amines) is 1. The lowest BCUT2D eigenvalue weighted by molar-refractivity contribution is -0.116. The van der Waals surface area contributed by atoms with Gasteiger partial charge < -0.3 is 9.64 Å². The SMILES string of the molecule is CC1=C2C[C@H]3[C@@H](CCC4=CC(=O)CC[C@@]43C)CC2CC[C@@]2(C1)O[C@@H]1C[C@H](C)CN(C)C1[C@H]2C. The Morgan fingerprint density at radius 1 is 1.12 bits per heavy atom. The third kappa shape index (κ3) is 3.39. The Kier molecular flexibility index (Phi) is 5.32. The molecule has 0 bridgehead atoms. The Balaban J connectivity index is 1.29. The molecule has 2 saturated carbocycles. The third-order valence-electron chi connectivity index (χ3n) is 11.5. The normalized spacial score (nSPS) is 50.3. The summed E-state index contributed by atoms with van der Waals surface area (Å²) in [5.41, 5.74) is 5.23. The monoisotopic (exact) mass is 451 g/mol. The molecule has 0 amide bonds. The maximum absolute atomic E-state index is 12.2. The number of allylic oxidation sites excluding steroid dienone is 3. The smallest absolute Gasteiger partial charge is 0.155 e. The van der Waals surface area contributed by atoms with E-state index in [2.05, 4.69) is 39.6 Å². The lowest BCUT2D eigenvalue weighted by atomic mass is 9.51. The molecule has 2 unspecified atom stereocenters. The van der Waals surface area contributed by atoms with Crippen LogP contribution in [0.5, 0.6) is 0 Å². The summed E-state index contributed by atoms with van der Waals surface area (Å²) in [5.74, 6) is 4.05. The van der Waals surface area contributed by atoms with Gasteiger partial charge in [-0.1, -0.05) is 37.5 Å². The van der Waals surface area contributed by atoms with Crippen molar-refractivity contribution < 1.29 is 9.53 Å². The molecule has 3 nitrogen and oxygen atoms in total. The van der Waals surface area contributed by atoms with Crippen molar-refractivity contribution in [2.45, 2.75) is 110 Å². The van der Waals surface area contributed by atoms with Crippen molar-refractivity contribution in [1.82, 2.24) is 4.90 Å². The second-order valence-corrected chi connectivity index (χ2v) is 13.4. The molecule has 6 aliphatic rings. The summed E-state index contributed by atoms with van der Waals surface area (Å²) in [7, 11) is 2.33. The summed E-state index contributed by atoms with van der Waals surface area (Å²) in [5, 5.41) is 0. The van der Waals surface area contributed by atoms with E-state index in [9.17, 15) is 4.79 Å². The molecule has 33 heavy (non-hydrogen) atoms. The molecule has 1 spiro atoms. The van der Waals surface area contributed by atoms with Crippen molar-refractivity contribution >= 4 is 5.78 Å². The summed E-state index contributed by atoms with van der Waals surface area (Å²) in [4.78, 5) is 14.8. The van der Waals surface area contributed by atoms with E-state index in [1.807, 2.05) is 6.08 Å². The van der Waals surface area contributed by atoms with E-state index >= 15 is 0 Å². The predicted octanol–water partition coefficient (Wildman–Crippen LogP) is 6.33. The molecule has 9 atom stereocenters. The van der Waals surface area contributed by atoms with Gasteiger partial charge in [-0.3, -0.25) is 4.79 Å². The molecular formula is C30H45NO2. The first-order chi connectivity index (χ1) is 15.7. The van der Waals surface area contributed by atoms with E-state index in [1.54, 1.807) is 11.1 Å². The molecule has 2 aliphatic heterocycles. The van der Waals surface area contributed by atoms with E-state index in [0.29, 0.717) is 23.8 Å². The van der Waals surface area contributed by atoms with E-state index in [1.165, 1.54) is 50.6 Å². The molecule has 182 valence electrons. The van der Waals surface area contributed by atoms with Crippen LogP contribution in [0.15, 0.2) is 22.8 Å². The van der Waals surface area contributed by atoms with Crippen LogP contribution in [0, 0.1) is 35.0 Å². The van der Waals surface area contributed by atoms with Crippen LogP contribution in [-0.2, 0) is 9.53 Å². The summed E-state index contributed by atoms with van der Waals surface area (Å²) in [6.45, 7) is 11.1. The molecule has 4 aliphatic carbocycles. The Hall–Kier alpha value is -0.930. The molecular weight excluding hydrogens is 406 g/mol. The number of nitrogens with zero attached hydrogens (tertiary/aromatic N) is 1. The second kappa shape index (κ2) is 7.79. The van der Waals surface area contributed by atoms with Crippen molar-refractivity contribution in [3.63, 3.8) is 0 Å². The molecule has 2 saturated heterocycles. The van der Waals surface area contributed by atoms with Crippen LogP contribution >= 0.6 is 0 Å². The summed E-state index contributed by atoms with van der Waals surface area (Å²) >= 11 is 0. The molecule has 0 aromatic heterocycles. The van der Waals surface area contributed by atoms with Crippen LogP contribution in [0.4, 0.5) is 0 Å². The molecule has 0 radical (unpaired) electrons. The molecule has 2 heterocycles. The molecule has 3 heteroatoms. The topological polar surface area (TPSA) is 29.5 Å². The second-order valence-electron chi connectivity index (χ2n) is 13.4. The minimum Gasteiger partial charge on any atom is -0.369 e. The Morgan fingerprint density at radius 2 is 1.94 bits per heavy atom. The van der Waals surface area contributed by atoms with Gasteiger partial charge in [0.05, 0.1) is 11.7 Å². The highest BCUT2D eigenvalue weighted by atomic mass is 16.5. The number of hydrogen-bond donors (Lipinski definition) is 0. The van der Waals surface area contributed by atoms with Crippen LogP contribution in [0.3, 0.4) is 0 Å². The largest absolute Gasteiger partial charge is 0.369 e. The predicted molar refractivity (Wildman–Crippen MR) is 133 cm³/mol. The number of rotatable bonds is 0. The van der Waals surface area contributed by atoms with Gasteiger partial charge in [-0.05, 0) is 107 Å². The van der Waals surface area contributed by atoms with Gasteiger partial charge in [-0.25, -0.2) is 0 Å². The van der Waals surface area contributed by atoms with Crippen molar-refractivity contribution in [3.05, 3.63) is 22.8 Å². The number of piperidine rings is 1. The molecule has 0 N–H and O–H groups in total. The number of fused-ring (bicyclic) bond motifs is 5. The zero-order valence-corrected chi connectivity index (χ0v) is 21.7. The number of ether oxygens (including phenoxy) is 1. The van der Waals surface area contributed by atoms with Gasteiger partial charge >= 0.3 is 0 Å². The van der Waals surface area contributed by atoms with Crippen molar-refractivity contribution in [2.75, 3.05) is 13.6 Å². The van der Waals surface area contributed by atoms with Crippen molar-refractivity contribution in [3.8, 4) is 0 Å². The molecule has 0 aromatic rings. The number of likely N-dealkylation sites (N-methyl/N-ethyl adjacent to an activating group) is 1. The van der Waals surface area contributed by atoms with E-state index in [0.717, 1.165) is 49.4 Å². The van der Waals surface area contributed by atoms with Crippen LogP contribution in [0.1, 0.15) is 91.9 Å². The highest BCUT2D eigenvalue weighted by Gasteiger charge is 2.57. The molecule has 0 aromatic carbocycles. The fourth-order valence-corrected chi connectivity index (χ4v) is 9.83. The standard InChI is InChI=1S/C30H45NO2/c1-18-12-27-28(31(5)17-18)20(3)30(33-27)11-8-21-13-22-6-7-23-14-24(32)9-10-29(23,4)26(22)15-25(21)19(2)16-30/h14,18,20-22,26-28H,6-13,15-17H2,1-5H3/t18-,20+,21?,22-,26-,27+,28?,29-,30-/m0/s1. The van der Waals surface area contributed by atoms with Crippen molar-refractivity contribution in [2.24, 2.45) is 35.0 Å². The quantitative estimate of drug-likeness (QED) is 0.403. The first-order valence-corrected chi connectivity index (χ1v) is 14.0. The van der Waals surface area contributed by atoms with Gasteiger partial charge in [0.25, 0.3) is 0 Å². The van der Waals surface area contributed by atoms with E-state index in [4.69, 9.17) is 4.74 Å². The summed E-state index contributed by atoms with van der Waals surface area (Å²) in [6, 6.07) is 0.591. The van der Waals surface area contributed by atoms with Crippen LogP contribution in [0.25, 0.3) is 0 Å². The van der Waals surface area contributed by atoms with Crippen LogP contribution < -0.4 is 0 Å². The maximum Gasteiger partial charge on any atom is 0.155 e. The average molecular weight is 452 g/mol. The fourth-order valence-electron chi connectivity index (χ4n) is 9.83. The Bertz CT molecular complexity index is 903. The lowest BCUT2D eigenvalue weighted by Crippen LogP contribution is -2.49. The fraction of sp³-hybridized carbons (Fsp3) is 0.833. The molecule has 4 fully saturated rings. The zero-order chi connectivity index (χ0) is 23.1. The van der Waals surface area contributed by atoms with Gasteiger partial charge in [-0.15, -0.1) is 0 Å². The lowest BCUT2D eigenvalue weighted by Gasteiger charge is -2.53. The van der Waals surface area contributed by atoms with Gasteiger partial charge in [0.2, 0.25) is 0 Å².